The molecule has 5 nitrogen and oxygen atoms in total. The van der Waals surface area contributed by atoms with Crippen molar-refractivity contribution in [1.29, 1.82) is 0 Å². The van der Waals surface area contributed by atoms with Crippen molar-refractivity contribution in [3.05, 3.63) is 53.1 Å². The van der Waals surface area contributed by atoms with E-state index in [1.165, 1.54) is 32.1 Å². The molecule has 3 rings (SSSR count). The maximum atomic E-state index is 12.6. The average Bonchev–Trinajstić information content (AvgIpc) is 3.06. The topological polar surface area (TPSA) is 42.3 Å². The molecular weight excluding hydrogens is 312 g/mol. The summed E-state index contributed by atoms with van der Waals surface area (Å²) in [6.07, 6.45) is 10.3. The zero-order valence-corrected chi connectivity index (χ0v) is 15.0. The Morgan fingerprint density at radius 2 is 1.96 bits per heavy atom. The molecule has 1 fully saturated rings. The molecule has 1 aromatic carbocycles. The first-order valence-electron chi connectivity index (χ1n) is 8.93. The van der Waals surface area contributed by atoms with Gasteiger partial charge in [-0.05, 0) is 37.8 Å². The molecule has 5 heteroatoms. The van der Waals surface area contributed by atoms with Crippen molar-refractivity contribution in [2.75, 3.05) is 5.32 Å². The van der Waals surface area contributed by atoms with Crippen molar-refractivity contribution >= 4 is 17.3 Å². The predicted octanol–water partition coefficient (Wildman–Crippen LogP) is 4.09. The normalized spacial score (nSPS) is 14.9. The number of benzene rings is 1. The van der Waals surface area contributed by atoms with Crippen molar-refractivity contribution in [2.24, 2.45) is 0 Å². The molecule has 0 bridgehead atoms. The van der Waals surface area contributed by atoms with Gasteiger partial charge in [-0.3, -0.25) is 4.79 Å². The lowest BCUT2D eigenvalue weighted by atomic mass is 9.96. The van der Waals surface area contributed by atoms with Gasteiger partial charge in [0.1, 0.15) is 0 Å². The van der Waals surface area contributed by atoms with Crippen LogP contribution in [0.3, 0.4) is 0 Å². The van der Waals surface area contributed by atoms with Gasteiger partial charge in [0.05, 0.1) is 18.8 Å². The van der Waals surface area contributed by atoms with E-state index >= 15 is 0 Å². The highest BCUT2D eigenvalue weighted by Crippen LogP contribution is 2.27. The minimum Gasteiger partial charge on any atom is -0.320 e. The second-order valence-corrected chi connectivity index (χ2v) is 6.87. The fourth-order valence-electron chi connectivity index (χ4n) is 3.73. The standard InChI is InChI=1S/C20H24N4O/c1-15-12-17(21-3)13-16(2)20(15)22-19(25)14-23-10-7-11-24(23)18-8-5-4-6-9-18/h7,10-13,18H,4-6,8-9,14H2,1-2H3/p+1. The first-order valence-corrected chi connectivity index (χ1v) is 8.93. The van der Waals surface area contributed by atoms with Gasteiger partial charge in [-0.15, -0.1) is 4.68 Å². The number of nitrogens with zero attached hydrogens (tertiary/aromatic N) is 3. The molecule has 130 valence electrons. The molecule has 1 aliphatic carbocycles. The number of anilines is 1. The maximum absolute atomic E-state index is 12.6. The first kappa shape index (κ1) is 17.2. The van der Waals surface area contributed by atoms with E-state index in [0.717, 1.165) is 16.8 Å². The molecular formula is C20H25N4O+. The SMILES string of the molecule is [C-]#[N+]c1cc(C)c(NC(=O)C[n+]2cccn2C2CCCCC2)c(C)c1. The molecule has 2 aromatic rings. The first-order chi connectivity index (χ1) is 12.1. The van der Waals surface area contributed by atoms with Crippen molar-refractivity contribution in [3.63, 3.8) is 0 Å². The highest BCUT2D eigenvalue weighted by atomic mass is 16.2. The summed E-state index contributed by atoms with van der Waals surface area (Å²) >= 11 is 0. The van der Waals surface area contributed by atoms with E-state index in [2.05, 4.69) is 21.0 Å². The van der Waals surface area contributed by atoms with Crippen molar-refractivity contribution in [2.45, 2.75) is 58.5 Å². The summed E-state index contributed by atoms with van der Waals surface area (Å²) in [5, 5.41) is 3.02. The molecule has 1 aromatic heterocycles. The molecule has 0 atom stereocenters. The van der Waals surface area contributed by atoms with Gasteiger partial charge in [0.15, 0.2) is 11.9 Å². The number of nitrogens with one attached hydrogen (secondary N) is 1. The predicted molar refractivity (Wildman–Crippen MR) is 97.6 cm³/mol. The third kappa shape index (κ3) is 3.90. The Balaban J connectivity index is 1.72. The molecule has 0 radical (unpaired) electrons. The maximum Gasteiger partial charge on any atom is 0.292 e. The van der Waals surface area contributed by atoms with Crippen LogP contribution < -0.4 is 10.00 Å². The number of carbonyl (C=O) groups is 1. The Hall–Kier alpha value is -2.61. The fourth-order valence-corrected chi connectivity index (χ4v) is 3.73. The van der Waals surface area contributed by atoms with Crippen LogP contribution in [0.2, 0.25) is 0 Å². The summed E-state index contributed by atoms with van der Waals surface area (Å²) in [4.78, 5) is 16.0. The zero-order chi connectivity index (χ0) is 17.8. The lowest BCUT2D eigenvalue weighted by Crippen LogP contribution is -2.48. The number of aryl methyl sites for hydroxylation is 2. The third-order valence-electron chi connectivity index (χ3n) is 4.96. The van der Waals surface area contributed by atoms with E-state index < -0.39 is 0 Å². The largest absolute Gasteiger partial charge is 0.320 e. The van der Waals surface area contributed by atoms with Gasteiger partial charge in [-0.25, -0.2) is 4.85 Å². The van der Waals surface area contributed by atoms with Gasteiger partial charge in [-0.1, -0.05) is 31.4 Å². The molecule has 25 heavy (non-hydrogen) atoms. The van der Waals surface area contributed by atoms with Crippen LogP contribution in [-0.4, -0.2) is 10.6 Å². The second-order valence-electron chi connectivity index (χ2n) is 6.87. The van der Waals surface area contributed by atoms with Gasteiger partial charge in [0.2, 0.25) is 6.54 Å². The number of carbonyl (C=O) groups excluding carboxylic acids is 1. The fraction of sp³-hybridized carbons (Fsp3) is 0.450. The summed E-state index contributed by atoms with van der Waals surface area (Å²) < 4.78 is 4.21. The number of hydrogen-bond donors (Lipinski definition) is 1. The summed E-state index contributed by atoms with van der Waals surface area (Å²) in [5.74, 6) is -0.0393. The van der Waals surface area contributed by atoms with Crippen LogP contribution in [0.5, 0.6) is 0 Å². The van der Waals surface area contributed by atoms with Crippen LogP contribution in [0.15, 0.2) is 30.6 Å². The van der Waals surface area contributed by atoms with Crippen molar-refractivity contribution in [3.8, 4) is 0 Å². The van der Waals surface area contributed by atoms with Crippen LogP contribution in [0.1, 0.15) is 49.3 Å². The summed E-state index contributed by atoms with van der Waals surface area (Å²) in [5.41, 5.74) is 3.27. The molecule has 1 heterocycles. The minimum absolute atomic E-state index is 0.0393. The molecule has 1 saturated carbocycles. The van der Waals surface area contributed by atoms with Crippen LogP contribution in [0.4, 0.5) is 11.4 Å². The van der Waals surface area contributed by atoms with Crippen molar-refractivity contribution in [1.82, 2.24) is 4.68 Å². The van der Waals surface area contributed by atoms with Crippen molar-refractivity contribution < 1.29 is 9.48 Å². The average molecular weight is 337 g/mol. The van der Waals surface area contributed by atoms with E-state index in [1.54, 1.807) is 0 Å². The molecule has 1 amide bonds. The number of rotatable bonds is 4. The second kappa shape index (κ2) is 7.52. The summed E-state index contributed by atoms with van der Waals surface area (Å²) in [6, 6.07) is 6.13. The zero-order valence-electron chi connectivity index (χ0n) is 15.0. The van der Waals surface area contributed by atoms with Gasteiger partial charge < -0.3 is 5.32 Å². The van der Waals surface area contributed by atoms with Gasteiger partial charge in [-0.2, -0.15) is 4.68 Å². The Labute approximate surface area is 149 Å². The molecule has 0 saturated heterocycles. The number of aromatic nitrogens is 2. The minimum atomic E-state index is -0.0393. The highest BCUT2D eigenvalue weighted by Gasteiger charge is 2.23. The quantitative estimate of drug-likeness (QED) is 0.663. The molecule has 0 unspecified atom stereocenters. The smallest absolute Gasteiger partial charge is 0.292 e. The van der Waals surface area contributed by atoms with Crippen LogP contribution >= 0.6 is 0 Å². The third-order valence-corrected chi connectivity index (χ3v) is 4.96. The number of amides is 1. The van der Waals surface area contributed by atoms with Gasteiger partial charge in [0, 0.05) is 11.8 Å². The van der Waals surface area contributed by atoms with E-state index in [1.807, 2.05) is 42.9 Å². The molecule has 1 aliphatic rings. The van der Waals surface area contributed by atoms with Gasteiger partial charge in [0.25, 0.3) is 5.91 Å². The Morgan fingerprint density at radius 1 is 1.28 bits per heavy atom. The van der Waals surface area contributed by atoms with E-state index in [9.17, 15) is 4.79 Å². The number of hydrogen-bond acceptors (Lipinski definition) is 1. The monoisotopic (exact) mass is 337 g/mol. The Kier molecular flexibility index (Phi) is 5.18. The molecule has 1 N–H and O–H groups in total. The van der Waals surface area contributed by atoms with Crippen LogP contribution in [0.25, 0.3) is 4.85 Å². The highest BCUT2D eigenvalue weighted by molar-refractivity contribution is 5.91. The molecule has 0 spiro atoms. The Bertz CT molecular complexity index is 786. The van der Waals surface area contributed by atoms with E-state index in [4.69, 9.17) is 6.57 Å². The van der Waals surface area contributed by atoms with E-state index in [0.29, 0.717) is 18.3 Å². The lowest BCUT2D eigenvalue weighted by molar-refractivity contribution is -0.767. The summed E-state index contributed by atoms with van der Waals surface area (Å²) in [6.45, 7) is 11.3. The van der Waals surface area contributed by atoms with E-state index in [-0.39, 0.29) is 5.91 Å². The molecule has 0 aliphatic heterocycles. The summed E-state index contributed by atoms with van der Waals surface area (Å²) in [7, 11) is 0. The van der Waals surface area contributed by atoms with Crippen LogP contribution in [0, 0.1) is 20.4 Å². The lowest BCUT2D eigenvalue weighted by Gasteiger charge is -2.21. The van der Waals surface area contributed by atoms with Crippen LogP contribution in [-0.2, 0) is 11.3 Å². The Morgan fingerprint density at radius 3 is 2.60 bits per heavy atom. The van der Waals surface area contributed by atoms with Gasteiger partial charge >= 0.3 is 0 Å².